The van der Waals surface area contributed by atoms with Gasteiger partial charge < -0.3 is 0 Å². The van der Waals surface area contributed by atoms with E-state index in [1.807, 2.05) is 0 Å². The van der Waals surface area contributed by atoms with Crippen molar-refractivity contribution in [3.8, 4) is 0 Å². The minimum absolute atomic E-state index is 0.534. The summed E-state index contributed by atoms with van der Waals surface area (Å²) in [7, 11) is -0.534. The lowest BCUT2D eigenvalue weighted by molar-refractivity contribution is 0.562. The average Bonchev–Trinajstić information content (AvgIpc) is 2.41. The van der Waals surface area contributed by atoms with Crippen molar-refractivity contribution < 1.29 is 4.21 Å². The second kappa shape index (κ2) is 16.2. The van der Waals surface area contributed by atoms with Crippen LogP contribution in [0.15, 0.2) is 0 Å². The SMILES string of the molecule is CCCCCCCCCCCC[S@@](=O)CCCCC. The van der Waals surface area contributed by atoms with Gasteiger partial charge in [0.2, 0.25) is 0 Å². The van der Waals surface area contributed by atoms with Crippen LogP contribution in [-0.2, 0) is 10.8 Å². The zero-order valence-corrected chi connectivity index (χ0v) is 14.2. The Bertz CT molecular complexity index is 192. The molecule has 0 amide bonds. The summed E-state index contributed by atoms with van der Waals surface area (Å²) < 4.78 is 11.7. The van der Waals surface area contributed by atoms with Gasteiger partial charge in [0.15, 0.2) is 0 Å². The first-order valence-electron chi connectivity index (χ1n) is 8.66. The van der Waals surface area contributed by atoms with Crippen LogP contribution in [0.2, 0.25) is 0 Å². The lowest BCUT2D eigenvalue weighted by Gasteiger charge is -2.03. The monoisotopic (exact) mass is 288 g/mol. The topological polar surface area (TPSA) is 17.1 Å². The van der Waals surface area contributed by atoms with Gasteiger partial charge in [-0.3, -0.25) is 4.21 Å². The lowest BCUT2D eigenvalue weighted by Crippen LogP contribution is -2.02. The second-order valence-electron chi connectivity index (χ2n) is 5.74. The number of hydrogen-bond donors (Lipinski definition) is 0. The van der Waals surface area contributed by atoms with Crippen molar-refractivity contribution in [2.75, 3.05) is 11.5 Å². The molecule has 0 spiro atoms. The van der Waals surface area contributed by atoms with E-state index in [9.17, 15) is 4.21 Å². The lowest BCUT2D eigenvalue weighted by atomic mass is 10.1. The quantitative estimate of drug-likeness (QED) is 0.346. The molecule has 0 unspecified atom stereocenters. The van der Waals surface area contributed by atoms with Gasteiger partial charge in [-0.1, -0.05) is 84.5 Å². The van der Waals surface area contributed by atoms with Crippen LogP contribution in [0.1, 0.15) is 97.3 Å². The van der Waals surface area contributed by atoms with Gasteiger partial charge in [-0.25, -0.2) is 0 Å². The highest BCUT2D eigenvalue weighted by Gasteiger charge is 1.99. The maximum Gasteiger partial charge on any atom is 0.0234 e. The van der Waals surface area contributed by atoms with Crippen LogP contribution in [0.4, 0.5) is 0 Å². The van der Waals surface area contributed by atoms with Crippen molar-refractivity contribution in [3.05, 3.63) is 0 Å². The molecule has 0 saturated heterocycles. The highest BCUT2D eigenvalue weighted by molar-refractivity contribution is 7.84. The predicted octanol–water partition coefficient (Wildman–Crippen LogP) is 5.85. The molecule has 0 radical (unpaired) electrons. The predicted molar refractivity (Wildman–Crippen MR) is 89.2 cm³/mol. The molecule has 0 aliphatic rings. The van der Waals surface area contributed by atoms with Gasteiger partial charge >= 0.3 is 0 Å². The van der Waals surface area contributed by atoms with Crippen LogP contribution in [0.25, 0.3) is 0 Å². The summed E-state index contributed by atoms with van der Waals surface area (Å²) in [6.07, 6.45) is 17.2. The molecule has 0 saturated carbocycles. The minimum Gasteiger partial charge on any atom is -0.260 e. The zero-order chi connectivity index (χ0) is 14.2. The standard InChI is InChI=1S/C17H36OS/c1-3-5-7-8-9-10-11-12-13-15-17-19(18)16-14-6-4-2/h3-17H2,1-2H3/t19-/m0/s1. The van der Waals surface area contributed by atoms with Crippen molar-refractivity contribution in [1.82, 2.24) is 0 Å². The molecule has 1 atom stereocenters. The molecule has 0 bridgehead atoms. The van der Waals surface area contributed by atoms with E-state index < -0.39 is 10.8 Å². The van der Waals surface area contributed by atoms with Crippen molar-refractivity contribution >= 4 is 10.8 Å². The van der Waals surface area contributed by atoms with E-state index in [1.54, 1.807) is 0 Å². The number of rotatable bonds is 15. The Morgan fingerprint density at radius 1 is 0.526 bits per heavy atom. The smallest absolute Gasteiger partial charge is 0.0234 e. The van der Waals surface area contributed by atoms with Gasteiger partial charge in [0.05, 0.1) is 0 Å². The fourth-order valence-electron chi connectivity index (χ4n) is 2.37. The normalized spacial score (nSPS) is 12.7. The van der Waals surface area contributed by atoms with Crippen LogP contribution >= 0.6 is 0 Å². The summed E-state index contributed by atoms with van der Waals surface area (Å²) in [5.41, 5.74) is 0. The second-order valence-corrected chi connectivity index (χ2v) is 7.43. The molecule has 0 N–H and O–H groups in total. The first kappa shape index (κ1) is 19.1. The molecule has 0 aromatic heterocycles. The van der Waals surface area contributed by atoms with Gasteiger partial charge in [0.25, 0.3) is 0 Å². The van der Waals surface area contributed by atoms with Gasteiger partial charge in [-0.05, 0) is 12.8 Å². The van der Waals surface area contributed by atoms with Gasteiger partial charge in [-0.15, -0.1) is 0 Å². The molecule has 0 aliphatic carbocycles. The first-order valence-corrected chi connectivity index (χ1v) is 10.1. The summed E-state index contributed by atoms with van der Waals surface area (Å²) in [4.78, 5) is 0. The van der Waals surface area contributed by atoms with Crippen LogP contribution < -0.4 is 0 Å². The molecule has 0 heterocycles. The van der Waals surface area contributed by atoms with E-state index in [0.29, 0.717) is 0 Å². The van der Waals surface area contributed by atoms with Gasteiger partial charge in [0, 0.05) is 22.3 Å². The summed E-state index contributed by atoms with van der Waals surface area (Å²) in [5, 5.41) is 0. The summed E-state index contributed by atoms with van der Waals surface area (Å²) in [6, 6.07) is 0. The van der Waals surface area contributed by atoms with E-state index in [-0.39, 0.29) is 0 Å². The summed E-state index contributed by atoms with van der Waals surface area (Å²) >= 11 is 0. The number of hydrogen-bond acceptors (Lipinski definition) is 1. The van der Waals surface area contributed by atoms with E-state index >= 15 is 0 Å². The molecular formula is C17H36OS. The average molecular weight is 289 g/mol. The van der Waals surface area contributed by atoms with E-state index in [0.717, 1.165) is 17.9 Å². The fourth-order valence-corrected chi connectivity index (χ4v) is 3.62. The van der Waals surface area contributed by atoms with Gasteiger partial charge in [0.1, 0.15) is 0 Å². The largest absolute Gasteiger partial charge is 0.260 e. The molecule has 0 fully saturated rings. The third-order valence-electron chi connectivity index (χ3n) is 3.70. The molecular weight excluding hydrogens is 252 g/mol. The number of unbranched alkanes of at least 4 members (excludes halogenated alkanes) is 11. The summed E-state index contributed by atoms with van der Waals surface area (Å²) in [5.74, 6) is 1.88. The Kier molecular flexibility index (Phi) is 16.3. The van der Waals surface area contributed by atoms with E-state index in [4.69, 9.17) is 0 Å². The van der Waals surface area contributed by atoms with Crippen LogP contribution in [-0.4, -0.2) is 15.7 Å². The highest BCUT2D eigenvalue weighted by atomic mass is 32.2. The molecule has 1 nitrogen and oxygen atoms in total. The molecule has 0 aromatic carbocycles. The van der Waals surface area contributed by atoms with Crippen molar-refractivity contribution in [3.63, 3.8) is 0 Å². The van der Waals surface area contributed by atoms with Crippen LogP contribution in [0.3, 0.4) is 0 Å². The molecule has 0 rings (SSSR count). The van der Waals surface area contributed by atoms with E-state index in [1.165, 1.54) is 77.0 Å². The zero-order valence-electron chi connectivity index (χ0n) is 13.4. The maximum atomic E-state index is 11.7. The molecule has 2 heteroatoms. The molecule has 0 aromatic rings. The van der Waals surface area contributed by atoms with Crippen molar-refractivity contribution in [2.24, 2.45) is 0 Å². The van der Waals surface area contributed by atoms with Crippen molar-refractivity contribution in [1.29, 1.82) is 0 Å². The highest BCUT2D eigenvalue weighted by Crippen LogP contribution is 2.10. The van der Waals surface area contributed by atoms with Crippen LogP contribution in [0, 0.1) is 0 Å². The Morgan fingerprint density at radius 2 is 0.842 bits per heavy atom. The maximum absolute atomic E-state index is 11.7. The van der Waals surface area contributed by atoms with Crippen molar-refractivity contribution in [2.45, 2.75) is 97.3 Å². The van der Waals surface area contributed by atoms with E-state index in [2.05, 4.69) is 13.8 Å². The molecule has 0 aliphatic heterocycles. The Morgan fingerprint density at radius 3 is 1.32 bits per heavy atom. The van der Waals surface area contributed by atoms with Crippen LogP contribution in [0.5, 0.6) is 0 Å². The third-order valence-corrected chi connectivity index (χ3v) is 5.19. The fraction of sp³-hybridized carbons (Fsp3) is 1.00. The Hall–Kier alpha value is 0.150. The third kappa shape index (κ3) is 16.1. The van der Waals surface area contributed by atoms with Gasteiger partial charge in [-0.2, -0.15) is 0 Å². The summed E-state index contributed by atoms with van der Waals surface area (Å²) in [6.45, 7) is 4.47. The first-order chi connectivity index (χ1) is 9.31. The minimum atomic E-state index is -0.534. The molecule has 116 valence electrons. The Balaban J connectivity index is 3.07. The molecule has 19 heavy (non-hydrogen) atoms. The Labute approximate surface area is 124 Å².